The number of hydrogen-bond acceptors (Lipinski definition) is 4. The van der Waals surface area contributed by atoms with Gasteiger partial charge < -0.3 is 14.7 Å². The van der Waals surface area contributed by atoms with Gasteiger partial charge in [0.25, 0.3) is 0 Å². The second-order valence-corrected chi connectivity index (χ2v) is 13.0. The molecule has 5 aromatic rings. The predicted octanol–water partition coefficient (Wildman–Crippen LogP) is 9.02. The molecule has 3 heterocycles. The van der Waals surface area contributed by atoms with Gasteiger partial charge in [-0.15, -0.1) is 0 Å². The van der Waals surface area contributed by atoms with Crippen molar-refractivity contribution in [2.24, 2.45) is 0 Å². The quantitative estimate of drug-likeness (QED) is 0.220. The third kappa shape index (κ3) is 5.44. The number of aromatic amines is 2. The number of imidazole rings is 2. The van der Waals surface area contributed by atoms with Crippen molar-refractivity contribution in [1.82, 2.24) is 24.8 Å². The summed E-state index contributed by atoms with van der Waals surface area (Å²) in [6, 6.07) is 21.6. The van der Waals surface area contributed by atoms with Gasteiger partial charge >= 0.3 is 6.09 Å². The second kappa shape index (κ2) is 11.0. The zero-order valence-electron chi connectivity index (χ0n) is 25.2. The molecule has 0 spiro atoms. The van der Waals surface area contributed by atoms with E-state index < -0.39 is 5.60 Å². The molecule has 1 aliphatic heterocycles. The Morgan fingerprint density at radius 2 is 1.40 bits per heavy atom. The number of aromatic nitrogens is 4. The summed E-state index contributed by atoms with van der Waals surface area (Å²) >= 11 is 0. The van der Waals surface area contributed by atoms with Crippen LogP contribution in [0, 0.1) is 0 Å². The smallest absolute Gasteiger partial charge is 0.410 e. The molecule has 7 heteroatoms. The summed E-state index contributed by atoms with van der Waals surface area (Å²) in [6.45, 7) is 6.37. The Hall–Kier alpha value is -4.39. The summed E-state index contributed by atoms with van der Waals surface area (Å²) in [7, 11) is 0. The fraction of sp³-hybridized carbons (Fsp3) is 0.361. The summed E-state index contributed by atoms with van der Waals surface area (Å²) in [6.07, 6.45) is 10.5. The maximum Gasteiger partial charge on any atom is 0.410 e. The normalized spacial score (nSPS) is 17.7. The van der Waals surface area contributed by atoms with Gasteiger partial charge in [-0.2, -0.15) is 0 Å². The molecule has 7 nitrogen and oxygen atoms in total. The standard InChI is InChI=1S/C36H39N5O2/c1-36(2,3)43-35(42)41-20-8-13-32(41)34-38-22-31(40-34)29-19-18-26(27-11-6-7-12-28(27)29)23-14-16-24(17-15-23)30-21-37-33(39-30)25-9-4-5-10-25/h6-7,11-12,14-19,21-22,25,32H,4-5,8-10,13,20H2,1-3H3,(H,37,39)(H,38,40)/t32-/m0/s1. The average Bonchev–Trinajstić information content (AvgIpc) is 3.82. The zero-order chi connectivity index (χ0) is 29.6. The van der Waals surface area contributed by atoms with Gasteiger partial charge in [-0.25, -0.2) is 14.8 Å². The third-order valence-electron chi connectivity index (χ3n) is 8.85. The van der Waals surface area contributed by atoms with E-state index in [1.165, 1.54) is 42.2 Å². The molecule has 1 aliphatic carbocycles. The van der Waals surface area contributed by atoms with Gasteiger partial charge in [0.15, 0.2) is 0 Å². The Morgan fingerprint density at radius 1 is 0.767 bits per heavy atom. The summed E-state index contributed by atoms with van der Waals surface area (Å²) in [5, 5.41) is 2.34. The van der Waals surface area contributed by atoms with Crippen molar-refractivity contribution < 1.29 is 9.53 Å². The van der Waals surface area contributed by atoms with Crippen LogP contribution in [-0.2, 0) is 4.74 Å². The van der Waals surface area contributed by atoms with Crippen molar-refractivity contribution in [3.63, 3.8) is 0 Å². The number of ether oxygens (including phenoxy) is 1. The molecule has 7 rings (SSSR count). The van der Waals surface area contributed by atoms with Crippen molar-refractivity contribution in [3.8, 4) is 33.6 Å². The Bertz CT molecular complexity index is 1750. The molecule has 220 valence electrons. The van der Waals surface area contributed by atoms with Crippen molar-refractivity contribution in [3.05, 3.63) is 84.7 Å². The van der Waals surface area contributed by atoms with Crippen LogP contribution in [0.25, 0.3) is 44.4 Å². The molecule has 43 heavy (non-hydrogen) atoms. The molecule has 1 amide bonds. The van der Waals surface area contributed by atoms with Gasteiger partial charge in [0.05, 0.1) is 29.8 Å². The minimum atomic E-state index is -0.531. The maximum atomic E-state index is 12.9. The number of carbonyl (C=O) groups is 1. The number of benzene rings is 3. The van der Waals surface area contributed by atoms with Crippen LogP contribution in [0.1, 0.15) is 82.9 Å². The van der Waals surface area contributed by atoms with E-state index in [4.69, 9.17) is 14.7 Å². The highest BCUT2D eigenvalue weighted by Crippen LogP contribution is 2.38. The van der Waals surface area contributed by atoms with Gasteiger partial charge in [0.1, 0.15) is 17.2 Å². The molecule has 3 aromatic carbocycles. The Morgan fingerprint density at radius 3 is 2.14 bits per heavy atom. The van der Waals surface area contributed by atoms with E-state index in [-0.39, 0.29) is 12.1 Å². The first-order valence-electron chi connectivity index (χ1n) is 15.6. The minimum Gasteiger partial charge on any atom is -0.444 e. The lowest BCUT2D eigenvalue weighted by Crippen LogP contribution is -2.36. The maximum absolute atomic E-state index is 12.9. The van der Waals surface area contributed by atoms with Crippen molar-refractivity contribution >= 4 is 16.9 Å². The third-order valence-corrected chi connectivity index (χ3v) is 8.85. The zero-order valence-corrected chi connectivity index (χ0v) is 25.2. The lowest BCUT2D eigenvalue weighted by molar-refractivity contribution is 0.0218. The number of carbonyl (C=O) groups excluding carboxylic acids is 1. The first-order chi connectivity index (χ1) is 20.8. The minimum absolute atomic E-state index is 0.114. The first-order valence-corrected chi connectivity index (χ1v) is 15.6. The van der Waals surface area contributed by atoms with Crippen molar-refractivity contribution in [2.75, 3.05) is 6.54 Å². The van der Waals surface area contributed by atoms with Gasteiger partial charge in [0.2, 0.25) is 0 Å². The molecule has 2 N–H and O–H groups in total. The second-order valence-electron chi connectivity index (χ2n) is 13.0. The van der Waals surface area contributed by atoms with Gasteiger partial charge in [-0.05, 0) is 73.9 Å². The van der Waals surface area contributed by atoms with E-state index in [1.54, 1.807) is 4.90 Å². The molecular weight excluding hydrogens is 534 g/mol. The van der Waals surface area contributed by atoms with Crippen LogP contribution >= 0.6 is 0 Å². The molecule has 1 atom stereocenters. The summed E-state index contributed by atoms with van der Waals surface area (Å²) in [5.41, 5.74) is 6.10. The number of nitrogens with one attached hydrogen (secondary N) is 2. The highest BCUT2D eigenvalue weighted by Gasteiger charge is 2.35. The number of rotatable bonds is 5. The molecule has 1 saturated carbocycles. The van der Waals surface area contributed by atoms with Crippen LogP contribution in [0.3, 0.4) is 0 Å². The van der Waals surface area contributed by atoms with E-state index in [0.717, 1.165) is 52.4 Å². The van der Waals surface area contributed by atoms with Crippen LogP contribution < -0.4 is 0 Å². The number of H-pyrrole nitrogens is 2. The molecule has 1 saturated heterocycles. The van der Waals surface area contributed by atoms with E-state index >= 15 is 0 Å². The van der Waals surface area contributed by atoms with E-state index in [2.05, 4.69) is 70.6 Å². The lowest BCUT2D eigenvalue weighted by atomic mass is 9.93. The van der Waals surface area contributed by atoms with Gasteiger partial charge in [-0.1, -0.05) is 73.5 Å². The van der Waals surface area contributed by atoms with Crippen molar-refractivity contribution in [1.29, 1.82) is 0 Å². The number of fused-ring (bicyclic) bond motifs is 1. The van der Waals surface area contributed by atoms with Gasteiger partial charge in [-0.3, -0.25) is 4.90 Å². The summed E-state index contributed by atoms with van der Waals surface area (Å²) in [4.78, 5) is 31.3. The molecule has 2 fully saturated rings. The number of likely N-dealkylation sites (tertiary alicyclic amines) is 1. The van der Waals surface area contributed by atoms with Gasteiger partial charge in [0, 0.05) is 18.0 Å². The molecule has 2 aromatic heterocycles. The van der Waals surface area contributed by atoms with E-state index in [0.29, 0.717) is 12.5 Å². The summed E-state index contributed by atoms with van der Waals surface area (Å²) in [5.74, 6) is 2.51. The van der Waals surface area contributed by atoms with E-state index in [1.807, 2.05) is 33.2 Å². The molecule has 0 radical (unpaired) electrons. The first kappa shape index (κ1) is 27.4. The lowest BCUT2D eigenvalue weighted by Gasteiger charge is -2.27. The monoisotopic (exact) mass is 573 g/mol. The topological polar surface area (TPSA) is 86.9 Å². The van der Waals surface area contributed by atoms with Crippen LogP contribution in [0.4, 0.5) is 4.79 Å². The Labute approximate surface area is 252 Å². The van der Waals surface area contributed by atoms with E-state index in [9.17, 15) is 4.79 Å². The Kier molecular flexibility index (Phi) is 7.04. The highest BCUT2D eigenvalue weighted by atomic mass is 16.6. The number of nitrogens with zero attached hydrogens (tertiary/aromatic N) is 3. The SMILES string of the molecule is CC(C)(C)OC(=O)N1CCC[C@H]1c1ncc(-c2ccc(-c3ccc(-c4cnc(C5CCCC5)[nH]4)cc3)c3ccccc23)[nH]1. The fourth-order valence-electron chi connectivity index (χ4n) is 6.74. The van der Waals surface area contributed by atoms with Crippen molar-refractivity contribution in [2.45, 2.75) is 76.9 Å². The molecule has 0 bridgehead atoms. The predicted molar refractivity (Wildman–Crippen MR) is 171 cm³/mol. The number of hydrogen-bond donors (Lipinski definition) is 2. The molecule has 0 unspecified atom stereocenters. The van der Waals surface area contributed by atoms with Crippen LogP contribution in [0.2, 0.25) is 0 Å². The highest BCUT2D eigenvalue weighted by molar-refractivity contribution is 6.04. The fourth-order valence-corrected chi connectivity index (χ4v) is 6.74. The molecule has 2 aliphatic rings. The largest absolute Gasteiger partial charge is 0.444 e. The molecular formula is C36H39N5O2. The Balaban J connectivity index is 1.16. The van der Waals surface area contributed by atoms with Crippen LogP contribution in [0.15, 0.2) is 73.1 Å². The van der Waals surface area contributed by atoms with Crippen LogP contribution in [-0.4, -0.2) is 43.1 Å². The van der Waals surface area contributed by atoms with Crippen LogP contribution in [0.5, 0.6) is 0 Å². The number of amides is 1. The summed E-state index contributed by atoms with van der Waals surface area (Å²) < 4.78 is 5.67. The average molecular weight is 574 g/mol.